The van der Waals surface area contributed by atoms with Crippen molar-refractivity contribution in [2.75, 3.05) is 20.3 Å². The van der Waals surface area contributed by atoms with Crippen LogP contribution in [-0.4, -0.2) is 31.2 Å². The second-order valence-electron chi connectivity index (χ2n) is 4.22. The van der Waals surface area contributed by atoms with Gasteiger partial charge in [-0.1, -0.05) is 25.6 Å². The highest BCUT2D eigenvalue weighted by Gasteiger charge is 2.09. The molecule has 5 nitrogen and oxygen atoms in total. The molecule has 0 aliphatic heterocycles. The molecule has 110 valence electrons. The number of methoxy groups -OCH3 is 1. The molecule has 0 radical (unpaired) electrons. The van der Waals surface area contributed by atoms with Crippen LogP contribution in [0.5, 0.6) is 11.5 Å². The van der Waals surface area contributed by atoms with Gasteiger partial charge in [0.15, 0.2) is 18.1 Å². The van der Waals surface area contributed by atoms with Crippen LogP contribution in [0, 0.1) is 0 Å². The Morgan fingerprint density at radius 3 is 2.75 bits per heavy atom. The minimum absolute atomic E-state index is 0.0491. The van der Waals surface area contributed by atoms with E-state index in [-0.39, 0.29) is 17.5 Å². The third-order valence-corrected chi connectivity index (χ3v) is 2.90. The molecule has 6 heteroatoms. The topological polar surface area (TPSA) is 73.6 Å². The predicted molar refractivity (Wildman–Crippen MR) is 82.3 cm³/mol. The summed E-state index contributed by atoms with van der Waals surface area (Å²) in [6.45, 7) is 2.68. The summed E-state index contributed by atoms with van der Waals surface area (Å²) in [7, 11) is 1.52. The maximum atomic E-state index is 11.5. The Morgan fingerprint density at radius 2 is 2.15 bits per heavy atom. The van der Waals surface area contributed by atoms with E-state index in [1.54, 1.807) is 18.2 Å². The zero-order chi connectivity index (χ0) is 15.0. The highest BCUT2D eigenvalue weighted by molar-refractivity contribution is 7.80. The summed E-state index contributed by atoms with van der Waals surface area (Å²) in [4.78, 5) is 11.8. The molecule has 0 spiro atoms. The summed E-state index contributed by atoms with van der Waals surface area (Å²) in [6, 6.07) is 5.11. The maximum Gasteiger partial charge on any atom is 0.257 e. The van der Waals surface area contributed by atoms with Crippen molar-refractivity contribution in [3.63, 3.8) is 0 Å². The first-order valence-corrected chi connectivity index (χ1v) is 6.86. The lowest BCUT2D eigenvalue weighted by Crippen LogP contribution is -2.29. The van der Waals surface area contributed by atoms with Crippen LogP contribution >= 0.6 is 12.2 Å². The first kappa shape index (κ1) is 16.2. The van der Waals surface area contributed by atoms with Crippen molar-refractivity contribution in [1.29, 1.82) is 0 Å². The number of hydrogen-bond acceptors (Lipinski definition) is 4. The van der Waals surface area contributed by atoms with Crippen molar-refractivity contribution in [2.45, 2.75) is 19.8 Å². The largest absolute Gasteiger partial charge is 0.493 e. The van der Waals surface area contributed by atoms with E-state index in [9.17, 15) is 4.79 Å². The average Bonchev–Trinajstić information content (AvgIpc) is 2.45. The van der Waals surface area contributed by atoms with Gasteiger partial charge < -0.3 is 20.5 Å². The summed E-state index contributed by atoms with van der Waals surface area (Å²) in [5.74, 6) is 0.828. The molecule has 1 aromatic rings. The van der Waals surface area contributed by atoms with Gasteiger partial charge in [0.2, 0.25) is 0 Å². The molecule has 0 saturated carbocycles. The lowest BCUT2D eigenvalue weighted by atomic mass is 10.2. The Labute approximate surface area is 124 Å². The summed E-state index contributed by atoms with van der Waals surface area (Å²) in [5, 5.41) is 2.78. The van der Waals surface area contributed by atoms with Crippen LogP contribution in [0.25, 0.3) is 0 Å². The standard InChI is InChI=1S/C14H20N2O3S/c1-3-4-7-16-13(17)9-19-11-6-5-10(14(15)20)8-12(11)18-2/h5-6,8H,3-4,7,9H2,1-2H3,(H2,15,20)(H,16,17). The van der Waals surface area contributed by atoms with Gasteiger partial charge in [0, 0.05) is 12.1 Å². The molecule has 20 heavy (non-hydrogen) atoms. The number of ether oxygens (including phenoxy) is 2. The van der Waals surface area contributed by atoms with E-state index >= 15 is 0 Å². The molecule has 0 heterocycles. The fraction of sp³-hybridized carbons (Fsp3) is 0.429. The first-order chi connectivity index (χ1) is 9.58. The molecule has 0 atom stereocenters. The van der Waals surface area contributed by atoms with Gasteiger partial charge in [-0.05, 0) is 24.6 Å². The van der Waals surface area contributed by atoms with Crippen LogP contribution in [-0.2, 0) is 4.79 Å². The first-order valence-electron chi connectivity index (χ1n) is 6.45. The van der Waals surface area contributed by atoms with E-state index < -0.39 is 0 Å². The van der Waals surface area contributed by atoms with Crippen LogP contribution in [0.15, 0.2) is 18.2 Å². The molecule has 0 aliphatic rings. The smallest absolute Gasteiger partial charge is 0.257 e. The van der Waals surface area contributed by atoms with Crippen molar-refractivity contribution in [3.8, 4) is 11.5 Å². The number of nitrogens with two attached hydrogens (primary N) is 1. The minimum Gasteiger partial charge on any atom is -0.493 e. The van der Waals surface area contributed by atoms with Crippen molar-refractivity contribution in [2.24, 2.45) is 5.73 Å². The monoisotopic (exact) mass is 296 g/mol. The van der Waals surface area contributed by atoms with Crippen LogP contribution in [0.1, 0.15) is 25.3 Å². The van der Waals surface area contributed by atoms with Gasteiger partial charge >= 0.3 is 0 Å². The van der Waals surface area contributed by atoms with Crippen molar-refractivity contribution < 1.29 is 14.3 Å². The molecule has 1 rings (SSSR count). The van der Waals surface area contributed by atoms with E-state index in [4.69, 9.17) is 27.4 Å². The lowest BCUT2D eigenvalue weighted by molar-refractivity contribution is -0.123. The van der Waals surface area contributed by atoms with Crippen LogP contribution in [0.4, 0.5) is 0 Å². The Morgan fingerprint density at radius 1 is 1.40 bits per heavy atom. The SMILES string of the molecule is CCCCNC(=O)COc1ccc(C(N)=S)cc1OC. The number of unbranched alkanes of at least 4 members (excludes halogenated alkanes) is 1. The number of amides is 1. The fourth-order valence-corrected chi connectivity index (χ4v) is 1.67. The highest BCUT2D eigenvalue weighted by Crippen LogP contribution is 2.27. The van der Waals surface area contributed by atoms with Crippen LogP contribution < -0.4 is 20.5 Å². The zero-order valence-electron chi connectivity index (χ0n) is 11.8. The average molecular weight is 296 g/mol. The predicted octanol–water partition coefficient (Wildman–Crippen LogP) is 1.62. The normalized spacial score (nSPS) is 9.90. The third-order valence-electron chi connectivity index (χ3n) is 2.66. The van der Waals surface area contributed by atoms with E-state index in [1.807, 2.05) is 0 Å². The Kier molecular flexibility index (Phi) is 6.79. The van der Waals surface area contributed by atoms with E-state index in [2.05, 4.69) is 12.2 Å². The number of thiocarbonyl (C=S) groups is 1. The van der Waals surface area contributed by atoms with Gasteiger partial charge in [-0.3, -0.25) is 4.79 Å². The molecule has 3 N–H and O–H groups in total. The number of carbonyl (C=O) groups excluding carboxylic acids is 1. The number of benzene rings is 1. The van der Waals surface area contributed by atoms with Gasteiger partial charge in [0.1, 0.15) is 4.99 Å². The summed E-state index contributed by atoms with van der Waals surface area (Å²) in [6.07, 6.45) is 1.99. The molecule has 0 unspecified atom stereocenters. The Bertz CT molecular complexity index is 477. The molecule has 0 aliphatic carbocycles. The molecule has 0 fully saturated rings. The minimum atomic E-state index is -0.154. The maximum absolute atomic E-state index is 11.5. The van der Waals surface area contributed by atoms with Crippen molar-refractivity contribution in [1.82, 2.24) is 5.32 Å². The Balaban J connectivity index is 2.59. The number of hydrogen-bond donors (Lipinski definition) is 2. The number of nitrogens with one attached hydrogen (secondary N) is 1. The molecule has 0 aromatic heterocycles. The summed E-state index contributed by atoms with van der Waals surface area (Å²) < 4.78 is 10.6. The van der Waals surface area contributed by atoms with Crippen LogP contribution in [0.2, 0.25) is 0 Å². The molecule has 0 saturated heterocycles. The fourth-order valence-electron chi connectivity index (χ4n) is 1.54. The Hall–Kier alpha value is -1.82. The van der Waals surface area contributed by atoms with Gasteiger partial charge in [0.25, 0.3) is 5.91 Å². The molecule has 0 bridgehead atoms. The third kappa shape index (κ3) is 5.05. The quantitative estimate of drug-likeness (QED) is 0.563. The van der Waals surface area contributed by atoms with E-state index in [0.717, 1.165) is 12.8 Å². The molecular formula is C14H20N2O3S. The van der Waals surface area contributed by atoms with Crippen molar-refractivity contribution >= 4 is 23.1 Å². The van der Waals surface area contributed by atoms with Crippen molar-refractivity contribution in [3.05, 3.63) is 23.8 Å². The van der Waals surface area contributed by atoms with E-state index in [0.29, 0.717) is 23.6 Å². The van der Waals surface area contributed by atoms with Crippen LogP contribution in [0.3, 0.4) is 0 Å². The van der Waals surface area contributed by atoms with Gasteiger partial charge in [0.05, 0.1) is 7.11 Å². The summed E-state index contributed by atoms with van der Waals surface area (Å²) >= 11 is 4.90. The number of rotatable bonds is 8. The van der Waals surface area contributed by atoms with Gasteiger partial charge in [-0.25, -0.2) is 0 Å². The zero-order valence-corrected chi connectivity index (χ0v) is 12.6. The molecular weight excluding hydrogens is 276 g/mol. The number of carbonyl (C=O) groups is 1. The second kappa shape index (κ2) is 8.37. The molecule has 1 amide bonds. The second-order valence-corrected chi connectivity index (χ2v) is 4.66. The van der Waals surface area contributed by atoms with E-state index in [1.165, 1.54) is 7.11 Å². The lowest BCUT2D eigenvalue weighted by Gasteiger charge is -2.12. The highest BCUT2D eigenvalue weighted by atomic mass is 32.1. The summed E-state index contributed by atoms with van der Waals surface area (Å²) in [5.41, 5.74) is 6.24. The molecule has 1 aromatic carbocycles. The van der Waals surface area contributed by atoms with Gasteiger partial charge in [-0.15, -0.1) is 0 Å². The van der Waals surface area contributed by atoms with Gasteiger partial charge in [-0.2, -0.15) is 0 Å².